The van der Waals surface area contributed by atoms with Gasteiger partial charge < -0.3 is 9.47 Å². The lowest BCUT2D eigenvalue weighted by Gasteiger charge is -2.32. The summed E-state index contributed by atoms with van der Waals surface area (Å²) >= 11 is 0. The van der Waals surface area contributed by atoms with Crippen molar-refractivity contribution in [3.05, 3.63) is 65.2 Å². The smallest absolute Gasteiger partial charge is 0.119 e. The van der Waals surface area contributed by atoms with E-state index < -0.39 is 0 Å². The molecule has 0 aromatic heterocycles. The lowest BCUT2D eigenvalue weighted by atomic mass is 10.1. The Hall–Kier alpha value is -1.84. The summed E-state index contributed by atoms with van der Waals surface area (Å²) in [7, 11) is 0. The van der Waals surface area contributed by atoms with Crippen molar-refractivity contribution in [1.82, 2.24) is 4.90 Å². The first-order chi connectivity index (χ1) is 11.2. The fourth-order valence-electron chi connectivity index (χ4n) is 2.89. The van der Waals surface area contributed by atoms with Crippen LogP contribution in [0.2, 0.25) is 0 Å². The zero-order chi connectivity index (χ0) is 16.1. The highest BCUT2D eigenvalue weighted by atomic mass is 16.5. The summed E-state index contributed by atoms with van der Waals surface area (Å²) in [6, 6.07) is 16.7. The van der Waals surface area contributed by atoms with Crippen molar-refractivity contribution in [3.63, 3.8) is 0 Å². The Labute approximate surface area is 138 Å². The molecular formula is C20H25NO2. The third kappa shape index (κ3) is 4.57. The predicted octanol–water partition coefficient (Wildman–Crippen LogP) is 3.58. The molecule has 0 radical (unpaired) electrons. The van der Waals surface area contributed by atoms with Crippen LogP contribution < -0.4 is 4.74 Å². The maximum absolute atomic E-state index is 5.84. The maximum Gasteiger partial charge on any atom is 0.119 e. The van der Waals surface area contributed by atoms with Gasteiger partial charge in [-0.05, 0) is 42.7 Å². The standard InChI is InChI=1S/C20H25NO2/c1-16-8-9-18(12-17(16)2)13-21-10-11-22-20(14-21)15-23-19-6-4-3-5-7-19/h3-9,12,20H,10-11,13-15H2,1-2H3/t20-/m0/s1. The molecule has 3 rings (SSSR count). The molecule has 0 aliphatic carbocycles. The van der Waals surface area contributed by atoms with Gasteiger partial charge >= 0.3 is 0 Å². The van der Waals surface area contributed by atoms with Gasteiger partial charge in [0, 0.05) is 19.6 Å². The lowest BCUT2D eigenvalue weighted by Crippen LogP contribution is -2.44. The quantitative estimate of drug-likeness (QED) is 0.842. The molecule has 1 fully saturated rings. The van der Waals surface area contributed by atoms with Crippen LogP contribution in [0.1, 0.15) is 16.7 Å². The summed E-state index contributed by atoms with van der Waals surface area (Å²) in [6.07, 6.45) is 0.135. The zero-order valence-corrected chi connectivity index (χ0v) is 14.0. The Balaban J connectivity index is 1.52. The molecule has 3 heteroatoms. The zero-order valence-electron chi connectivity index (χ0n) is 14.0. The lowest BCUT2D eigenvalue weighted by molar-refractivity contribution is -0.0504. The van der Waals surface area contributed by atoms with E-state index in [1.165, 1.54) is 16.7 Å². The number of nitrogens with zero attached hydrogens (tertiary/aromatic N) is 1. The van der Waals surface area contributed by atoms with E-state index in [0.29, 0.717) is 6.61 Å². The van der Waals surface area contributed by atoms with Crippen molar-refractivity contribution in [2.45, 2.75) is 26.5 Å². The van der Waals surface area contributed by atoms with Crippen molar-refractivity contribution in [3.8, 4) is 5.75 Å². The minimum absolute atomic E-state index is 0.135. The Morgan fingerprint density at radius 2 is 1.91 bits per heavy atom. The van der Waals surface area contributed by atoms with Crippen molar-refractivity contribution in [1.29, 1.82) is 0 Å². The van der Waals surface area contributed by atoms with Crippen molar-refractivity contribution in [2.75, 3.05) is 26.3 Å². The van der Waals surface area contributed by atoms with Gasteiger partial charge in [0.25, 0.3) is 0 Å². The average Bonchev–Trinajstić information content (AvgIpc) is 2.58. The van der Waals surface area contributed by atoms with Crippen LogP contribution in [0.3, 0.4) is 0 Å². The largest absolute Gasteiger partial charge is 0.491 e. The molecule has 1 aliphatic heterocycles. The summed E-state index contributed by atoms with van der Waals surface area (Å²) in [5, 5.41) is 0. The van der Waals surface area contributed by atoms with E-state index in [2.05, 4.69) is 36.9 Å². The van der Waals surface area contributed by atoms with Crippen LogP contribution in [0.25, 0.3) is 0 Å². The summed E-state index contributed by atoms with van der Waals surface area (Å²) in [6.45, 7) is 8.58. The van der Waals surface area contributed by atoms with Crippen molar-refractivity contribution < 1.29 is 9.47 Å². The van der Waals surface area contributed by atoms with Crippen LogP contribution >= 0.6 is 0 Å². The second-order valence-electron chi connectivity index (χ2n) is 6.27. The molecule has 23 heavy (non-hydrogen) atoms. The van der Waals surface area contributed by atoms with Crippen LogP contribution in [0.15, 0.2) is 48.5 Å². The van der Waals surface area contributed by atoms with E-state index in [1.807, 2.05) is 30.3 Å². The first-order valence-electron chi connectivity index (χ1n) is 8.28. The molecule has 0 unspecified atom stereocenters. The molecule has 3 nitrogen and oxygen atoms in total. The molecule has 0 amide bonds. The monoisotopic (exact) mass is 311 g/mol. The van der Waals surface area contributed by atoms with E-state index in [9.17, 15) is 0 Å². The second-order valence-corrected chi connectivity index (χ2v) is 6.27. The van der Waals surface area contributed by atoms with Crippen LogP contribution in [0.4, 0.5) is 0 Å². The molecule has 2 aromatic carbocycles. The molecule has 1 aliphatic rings. The second kappa shape index (κ2) is 7.62. The van der Waals surface area contributed by atoms with Gasteiger partial charge in [-0.1, -0.05) is 36.4 Å². The molecule has 0 saturated carbocycles. The average molecular weight is 311 g/mol. The van der Waals surface area contributed by atoms with Gasteiger partial charge in [-0.3, -0.25) is 4.90 Å². The van der Waals surface area contributed by atoms with Gasteiger partial charge in [0.1, 0.15) is 18.5 Å². The first-order valence-corrected chi connectivity index (χ1v) is 8.28. The Bertz CT molecular complexity index is 627. The molecule has 1 atom stereocenters. The van der Waals surface area contributed by atoms with Crippen molar-refractivity contribution in [2.24, 2.45) is 0 Å². The van der Waals surface area contributed by atoms with Gasteiger partial charge in [0.2, 0.25) is 0 Å². The summed E-state index contributed by atoms with van der Waals surface area (Å²) < 4.78 is 11.7. The normalized spacial score (nSPS) is 18.8. The maximum atomic E-state index is 5.84. The fraction of sp³-hybridized carbons (Fsp3) is 0.400. The molecular weight excluding hydrogens is 286 g/mol. The Morgan fingerprint density at radius 1 is 1.09 bits per heavy atom. The van der Waals surface area contributed by atoms with E-state index >= 15 is 0 Å². The molecule has 2 aromatic rings. The van der Waals surface area contributed by atoms with Gasteiger partial charge in [0.15, 0.2) is 0 Å². The summed E-state index contributed by atoms with van der Waals surface area (Å²) in [5.41, 5.74) is 4.09. The van der Waals surface area contributed by atoms with Crippen molar-refractivity contribution >= 4 is 0 Å². The van der Waals surface area contributed by atoms with Crippen LogP contribution in [-0.4, -0.2) is 37.3 Å². The number of ether oxygens (including phenoxy) is 2. The molecule has 1 saturated heterocycles. The molecule has 122 valence electrons. The number of benzene rings is 2. The Kier molecular flexibility index (Phi) is 5.31. The van der Waals surface area contributed by atoms with Gasteiger partial charge in [-0.15, -0.1) is 0 Å². The van der Waals surface area contributed by atoms with Gasteiger partial charge in [-0.2, -0.15) is 0 Å². The number of para-hydroxylation sites is 1. The van der Waals surface area contributed by atoms with E-state index in [1.54, 1.807) is 0 Å². The number of hydrogen-bond acceptors (Lipinski definition) is 3. The fourth-order valence-corrected chi connectivity index (χ4v) is 2.89. The minimum Gasteiger partial charge on any atom is -0.491 e. The highest BCUT2D eigenvalue weighted by Gasteiger charge is 2.21. The number of hydrogen-bond donors (Lipinski definition) is 0. The third-order valence-corrected chi connectivity index (χ3v) is 4.38. The summed E-state index contributed by atoms with van der Waals surface area (Å²) in [5.74, 6) is 0.905. The van der Waals surface area contributed by atoms with Crippen LogP contribution in [0, 0.1) is 13.8 Å². The van der Waals surface area contributed by atoms with Crippen LogP contribution in [-0.2, 0) is 11.3 Å². The van der Waals surface area contributed by atoms with E-state index in [0.717, 1.165) is 32.0 Å². The van der Waals surface area contributed by atoms with Gasteiger partial charge in [-0.25, -0.2) is 0 Å². The van der Waals surface area contributed by atoms with E-state index in [4.69, 9.17) is 9.47 Å². The summed E-state index contributed by atoms with van der Waals surface area (Å²) in [4.78, 5) is 2.45. The topological polar surface area (TPSA) is 21.7 Å². The third-order valence-electron chi connectivity index (χ3n) is 4.38. The Morgan fingerprint density at radius 3 is 2.70 bits per heavy atom. The number of aryl methyl sites for hydroxylation is 2. The number of rotatable bonds is 5. The van der Waals surface area contributed by atoms with Crippen LogP contribution in [0.5, 0.6) is 5.75 Å². The molecule has 1 heterocycles. The highest BCUT2D eigenvalue weighted by Crippen LogP contribution is 2.15. The van der Waals surface area contributed by atoms with Gasteiger partial charge in [0.05, 0.1) is 6.61 Å². The molecule has 0 bridgehead atoms. The molecule has 0 spiro atoms. The SMILES string of the molecule is Cc1ccc(CN2CCO[C@H](COc3ccccc3)C2)cc1C. The highest BCUT2D eigenvalue weighted by molar-refractivity contribution is 5.29. The minimum atomic E-state index is 0.135. The van der Waals surface area contributed by atoms with E-state index in [-0.39, 0.29) is 6.10 Å². The predicted molar refractivity (Wildman–Crippen MR) is 92.9 cm³/mol. The number of morpholine rings is 1. The first kappa shape index (κ1) is 16.0. The molecule has 0 N–H and O–H groups in total.